The molecule has 2 rings (SSSR count). The molecule has 5 heteroatoms. The number of aromatic nitrogens is 2. The van der Waals surface area contributed by atoms with Gasteiger partial charge in [0, 0.05) is 5.56 Å². The van der Waals surface area contributed by atoms with E-state index in [0.29, 0.717) is 5.56 Å². The van der Waals surface area contributed by atoms with Crippen LogP contribution in [-0.4, -0.2) is 9.97 Å². The van der Waals surface area contributed by atoms with Crippen LogP contribution in [0, 0.1) is 0 Å². The van der Waals surface area contributed by atoms with Gasteiger partial charge in [0.1, 0.15) is 0 Å². The van der Waals surface area contributed by atoms with E-state index >= 15 is 0 Å². The lowest BCUT2D eigenvalue weighted by Crippen LogP contribution is -2.21. The normalized spacial score (nSPS) is 10.0. The van der Waals surface area contributed by atoms with Gasteiger partial charge in [-0.2, -0.15) is 4.98 Å². The lowest BCUT2D eigenvalue weighted by atomic mass is 10.2. The first-order chi connectivity index (χ1) is 6.75. The summed E-state index contributed by atoms with van der Waals surface area (Å²) in [7, 11) is 0. The second kappa shape index (κ2) is 3.29. The van der Waals surface area contributed by atoms with Gasteiger partial charge >= 0.3 is 11.4 Å². The van der Waals surface area contributed by atoms with Gasteiger partial charge in [0.2, 0.25) is 5.89 Å². The van der Waals surface area contributed by atoms with Gasteiger partial charge in [0.05, 0.1) is 0 Å². The van der Waals surface area contributed by atoms with E-state index in [1.54, 1.807) is 24.3 Å². The first kappa shape index (κ1) is 8.43. The lowest BCUT2D eigenvalue weighted by molar-refractivity contribution is 0.471. The standard InChI is InChI=1S/C9H6N2O3/c12-8-10-7(14-9(13)11-8)6-4-2-1-3-5-6/h1-5H,(H,11,12,13). The van der Waals surface area contributed by atoms with Gasteiger partial charge in [-0.1, -0.05) is 18.2 Å². The van der Waals surface area contributed by atoms with Gasteiger partial charge in [0.25, 0.3) is 0 Å². The zero-order chi connectivity index (χ0) is 9.97. The third-order valence-electron chi connectivity index (χ3n) is 1.62. The molecule has 0 spiro atoms. The molecule has 1 aromatic heterocycles. The molecule has 5 nitrogen and oxygen atoms in total. The van der Waals surface area contributed by atoms with Gasteiger partial charge in [0.15, 0.2) is 0 Å². The molecule has 0 saturated carbocycles. The Morgan fingerprint density at radius 3 is 2.50 bits per heavy atom. The van der Waals surface area contributed by atoms with E-state index in [1.807, 2.05) is 11.1 Å². The van der Waals surface area contributed by atoms with Crippen LogP contribution in [0.3, 0.4) is 0 Å². The van der Waals surface area contributed by atoms with Crippen LogP contribution in [0.15, 0.2) is 44.3 Å². The Hall–Kier alpha value is -2.17. The minimum absolute atomic E-state index is 0.0272. The number of benzene rings is 1. The van der Waals surface area contributed by atoms with Gasteiger partial charge in [-0.05, 0) is 12.1 Å². The number of rotatable bonds is 1. The summed E-state index contributed by atoms with van der Waals surface area (Å²) in [4.78, 5) is 27.1. The minimum Gasteiger partial charge on any atom is -0.390 e. The van der Waals surface area contributed by atoms with E-state index in [4.69, 9.17) is 4.42 Å². The average Bonchev–Trinajstić information content (AvgIpc) is 2.18. The second-order valence-corrected chi connectivity index (χ2v) is 2.60. The topological polar surface area (TPSA) is 76.0 Å². The molecule has 0 bridgehead atoms. The van der Waals surface area contributed by atoms with Crippen LogP contribution in [0.25, 0.3) is 11.5 Å². The fraction of sp³-hybridized carbons (Fsp3) is 0. The van der Waals surface area contributed by atoms with Crippen LogP contribution >= 0.6 is 0 Å². The Bertz CT molecular complexity index is 513. The van der Waals surface area contributed by atoms with Crippen LogP contribution in [0.1, 0.15) is 0 Å². The van der Waals surface area contributed by atoms with Crippen LogP contribution in [0.5, 0.6) is 0 Å². The van der Waals surface area contributed by atoms with E-state index in [1.165, 1.54) is 0 Å². The molecule has 0 aliphatic heterocycles. The number of nitrogens with one attached hydrogen (secondary N) is 1. The van der Waals surface area contributed by atoms with E-state index in [9.17, 15) is 9.59 Å². The summed E-state index contributed by atoms with van der Waals surface area (Å²) in [5, 5.41) is 0. The van der Waals surface area contributed by atoms with Crippen molar-refractivity contribution in [2.45, 2.75) is 0 Å². The van der Waals surface area contributed by atoms with Crippen molar-refractivity contribution in [3.05, 3.63) is 51.4 Å². The molecule has 1 aromatic carbocycles. The van der Waals surface area contributed by atoms with E-state index < -0.39 is 11.4 Å². The molecular formula is C9H6N2O3. The Labute approximate surface area is 78.1 Å². The second-order valence-electron chi connectivity index (χ2n) is 2.60. The lowest BCUT2D eigenvalue weighted by Gasteiger charge is -1.95. The average molecular weight is 190 g/mol. The molecule has 1 heterocycles. The van der Waals surface area contributed by atoms with Gasteiger partial charge in [-0.15, -0.1) is 0 Å². The quantitative estimate of drug-likeness (QED) is 0.705. The first-order valence-electron chi connectivity index (χ1n) is 3.92. The molecule has 0 atom stereocenters. The predicted octanol–water partition coefficient (Wildman–Crippen LogP) is 0.390. The molecule has 0 aliphatic rings. The summed E-state index contributed by atoms with van der Waals surface area (Å²) >= 11 is 0. The first-order valence-corrected chi connectivity index (χ1v) is 3.92. The van der Waals surface area contributed by atoms with Crippen molar-refractivity contribution in [2.24, 2.45) is 0 Å². The van der Waals surface area contributed by atoms with Gasteiger partial charge in [-0.25, -0.2) is 14.6 Å². The third kappa shape index (κ3) is 1.61. The summed E-state index contributed by atoms with van der Waals surface area (Å²) < 4.78 is 4.72. The van der Waals surface area contributed by atoms with Crippen LogP contribution in [0.2, 0.25) is 0 Å². The van der Waals surface area contributed by atoms with Gasteiger partial charge in [-0.3, -0.25) is 0 Å². The monoisotopic (exact) mass is 190 g/mol. The summed E-state index contributed by atoms with van der Waals surface area (Å²) in [5.41, 5.74) is -0.115. The van der Waals surface area contributed by atoms with Crippen molar-refractivity contribution in [2.75, 3.05) is 0 Å². The maximum atomic E-state index is 10.9. The molecular weight excluding hydrogens is 184 g/mol. The number of aromatic amines is 1. The fourth-order valence-corrected chi connectivity index (χ4v) is 1.05. The number of nitrogens with zero attached hydrogens (tertiary/aromatic N) is 1. The molecule has 0 aliphatic carbocycles. The molecule has 0 radical (unpaired) electrons. The summed E-state index contributed by atoms with van der Waals surface area (Å²) in [6, 6.07) is 8.74. The molecule has 0 amide bonds. The zero-order valence-electron chi connectivity index (χ0n) is 7.06. The largest absolute Gasteiger partial charge is 0.422 e. The summed E-state index contributed by atoms with van der Waals surface area (Å²) in [5.74, 6) is -0.775. The number of hydrogen-bond donors (Lipinski definition) is 1. The Morgan fingerprint density at radius 1 is 1.14 bits per heavy atom. The van der Waals surface area contributed by atoms with E-state index in [2.05, 4.69) is 4.98 Å². The van der Waals surface area contributed by atoms with Crippen molar-refractivity contribution in [1.82, 2.24) is 9.97 Å². The Kier molecular flexibility index (Phi) is 1.98. The third-order valence-corrected chi connectivity index (χ3v) is 1.62. The van der Waals surface area contributed by atoms with Crippen LogP contribution in [0.4, 0.5) is 0 Å². The highest BCUT2D eigenvalue weighted by Gasteiger charge is 2.02. The number of hydrogen-bond acceptors (Lipinski definition) is 4. The molecule has 14 heavy (non-hydrogen) atoms. The van der Waals surface area contributed by atoms with Crippen molar-refractivity contribution in [1.29, 1.82) is 0 Å². The van der Waals surface area contributed by atoms with Crippen LogP contribution < -0.4 is 11.4 Å². The SMILES string of the molecule is O=c1nc(-c2ccccc2)oc(=O)[nH]1. The Morgan fingerprint density at radius 2 is 1.86 bits per heavy atom. The number of H-pyrrole nitrogens is 1. The van der Waals surface area contributed by atoms with Gasteiger partial charge < -0.3 is 4.42 Å². The highest BCUT2D eigenvalue weighted by molar-refractivity contribution is 5.51. The molecule has 1 N–H and O–H groups in total. The van der Waals surface area contributed by atoms with Crippen molar-refractivity contribution in [3.63, 3.8) is 0 Å². The van der Waals surface area contributed by atoms with Crippen LogP contribution in [-0.2, 0) is 0 Å². The predicted molar refractivity (Wildman–Crippen MR) is 48.8 cm³/mol. The zero-order valence-corrected chi connectivity index (χ0v) is 7.06. The maximum Gasteiger partial charge on any atom is 0.422 e. The highest BCUT2D eigenvalue weighted by atomic mass is 16.4. The molecule has 0 saturated heterocycles. The molecule has 0 unspecified atom stereocenters. The Balaban J connectivity index is 2.64. The maximum absolute atomic E-state index is 10.9. The highest BCUT2D eigenvalue weighted by Crippen LogP contribution is 2.11. The smallest absolute Gasteiger partial charge is 0.390 e. The van der Waals surface area contributed by atoms with Crippen molar-refractivity contribution in [3.8, 4) is 11.5 Å². The minimum atomic E-state index is -0.802. The molecule has 2 aromatic rings. The van der Waals surface area contributed by atoms with Crippen molar-refractivity contribution < 1.29 is 4.42 Å². The molecule has 0 fully saturated rings. The van der Waals surface area contributed by atoms with E-state index in [-0.39, 0.29) is 5.89 Å². The summed E-state index contributed by atoms with van der Waals surface area (Å²) in [6.07, 6.45) is 0. The molecule has 70 valence electrons. The van der Waals surface area contributed by atoms with E-state index in [0.717, 1.165) is 0 Å². The fourth-order valence-electron chi connectivity index (χ4n) is 1.05. The van der Waals surface area contributed by atoms with Crippen molar-refractivity contribution >= 4 is 0 Å². The summed E-state index contributed by atoms with van der Waals surface area (Å²) in [6.45, 7) is 0.